The van der Waals surface area contributed by atoms with Crippen LogP contribution < -0.4 is 0 Å². The second kappa shape index (κ2) is 7.85. The van der Waals surface area contributed by atoms with Crippen LogP contribution in [0, 0.1) is 62.6 Å². The Morgan fingerprint density at radius 3 is 2.30 bits per heavy atom. The Balaban J connectivity index is 1.48. The second-order valence-corrected chi connectivity index (χ2v) is 15.3. The van der Waals surface area contributed by atoms with Gasteiger partial charge in [0.25, 0.3) is 0 Å². The first kappa shape index (κ1) is 24.4. The summed E-state index contributed by atoms with van der Waals surface area (Å²) in [6, 6.07) is 0. The smallest absolute Gasteiger partial charge is 0.0431 e. The Hall–Kier alpha value is -0.300. The molecule has 0 aromatic rings. The van der Waals surface area contributed by atoms with Crippen molar-refractivity contribution in [2.24, 2.45) is 62.6 Å². The molecule has 0 aliphatic heterocycles. The van der Waals surface area contributed by atoms with E-state index in [9.17, 15) is 5.11 Å². The van der Waals surface area contributed by atoms with Crippen LogP contribution in [0.25, 0.3) is 0 Å². The fourth-order valence-corrected chi connectivity index (χ4v) is 11.9. The number of aliphatic hydroxyl groups excluding tert-OH is 1. The maximum absolute atomic E-state index is 9.40. The van der Waals surface area contributed by atoms with Crippen LogP contribution in [0.15, 0.2) is 12.2 Å². The molecule has 0 spiro atoms. The maximum Gasteiger partial charge on any atom is 0.0431 e. The number of rotatable bonds is 4. The van der Waals surface area contributed by atoms with Crippen LogP contribution in [0.3, 0.4) is 0 Å². The topological polar surface area (TPSA) is 20.2 Å². The first-order chi connectivity index (χ1) is 15.4. The van der Waals surface area contributed by atoms with E-state index >= 15 is 0 Å². The van der Waals surface area contributed by atoms with Gasteiger partial charge in [-0.05, 0) is 127 Å². The van der Waals surface area contributed by atoms with Gasteiger partial charge in [-0.1, -0.05) is 67.0 Å². The molecule has 0 aromatic heterocycles. The highest BCUT2D eigenvalue weighted by molar-refractivity contribution is 5.26. The molecule has 0 amide bonds. The standard InChI is InChI=1S/C32H54O/c1-22(10-8-21-33)23-13-18-29(4)24(23)14-19-31(6)26(29)11-12-27-30(5)17-9-16-28(2,3)25(30)15-20-32(27,31)7/h15,20,22-27,33H,8-14,16-19,21H2,1-7H3/t22?,23-,24+,25+,26-,27-,29+,30+,31-,32-/m1/s1. The number of hydrogen-bond donors (Lipinski definition) is 1. The lowest BCUT2D eigenvalue weighted by Crippen LogP contribution is -2.64. The highest BCUT2D eigenvalue weighted by Crippen LogP contribution is 2.76. The van der Waals surface area contributed by atoms with Gasteiger partial charge < -0.3 is 5.11 Å². The lowest BCUT2D eigenvalue weighted by Gasteiger charge is -2.71. The summed E-state index contributed by atoms with van der Waals surface area (Å²) in [7, 11) is 0. The van der Waals surface area contributed by atoms with Gasteiger partial charge >= 0.3 is 0 Å². The zero-order valence-electron chi connectivity index (χ0n) is 23.1. The van der Waals surface area contributed by atoms with Crippen LogP contribution in [-0.2, 0) is 0 Å². The van der Waals surface area contributed by atoms with Crippen LogP contribution in [0.5, 0.6) is 0 Å². The molecule has 0 aromatic carbocycles. The van der Waals surface area contributed by atoms with Gasteiger partial charge in [0, 0.05) is 6.61 Å². The van der Waals surface area contributed by atoms with E-state index in [0.717, 1.165) is 41.9 Å². The Kier molecular flexibility index (Phi) is 5.80. The van der Waals surface area contributed by atoms with E-state index in [2.05, 4.69) is 60.6 Å². The molecule has 0 radical (unpaired) electrons. The summed E-state index contributed by atoms with van der Waals surface area (Å²) in [5.41, 5.74) is 2.25. The maximum atomic E-state index is 9.40. The molecule has 1 nitrogen and oxygen atoms in total. The summed E-state index contributed by atoms with van der Waals surface area (Å²) in [6.45, 7) is 18.9. The van der Waals surface area contributed by atoms with Gasteiger partial charge in [-0.3, -0.25) is 0 Å². The van der Waals surface area contributed by atoms with Gasteiger partial charge in [0.15, 0.2) is 0 Å². The SMILES string of the molecule is CC(CCCO)[C@H]1CC[C@]2(C)[C@H]3CC[C@@H]4[C@@]5(C)CCCC(C)(C)[C@@H]5C=C[C@@]4(C)[C@]3(C)CC[C@@H]12. The minimum absolute atomic E-state index is 0.350. The van der Waals surface area contributed by atoms with Crippen molar-refractivity contribution in [1.29, 1.82) is 0 Å². The summed E-state index contributed by atoms with van der Waals surface area (Å²) in [4.78, 5) is 0. The highest BCUT2D eigenvalue weighted by atomic mass is 16.2. The second-order valence-electron chi connectivity index (χ2n) is 15.3. The van der Waals surface area contributed by atoms with Crippen molar-refractivity contribution < 1.29 is 5.11 Å². The number of fused-ring (bicyclic) bond motifs is 7. The molecule has 1 unspecified atom stereocenters. The first-order valence-corrected chi connectivity index (χ1v) is 14.7. The van der Waals surface area contributed by atoms with Crippen LogP contribution >= 0.6 is 0 Å². The monoisotopic (exact) mass is 454 g/mol. The van der Waals surface area contributed by atoms with Gasteiger partial charge in [-0.25, -0.2) is 0 Å². The molecule has 5 aliphatic carbocycles. The lowest BCUT2D eigenvalue weighted by atomic mass is 9.33. The highest BCUT2D eigenvalue weighted by Gasteiger charge is 2.69. The molecule has 0 bridgehead atoms. The summed E-state index contributed by atoms with van der Waals surface area (Å²) in [6.07, 6.45) is 20.7. The zero-order chi connectivity index (χ0) is 23.9. The zero-order valence-corrected chi connectivity index (χ0v) is 23.1. The largest absolute Gasteiger partial charge is 0.396 e. The fourth-order valence-electron chi connectivity index (χ4n) is 11.9. The predicted octanol–water partition coefficient (Wildman–Crippen LogP) is 8.66. The van der Waals surface area contributed by atoms with Crippen molar-refractivity contribution in [3.05, 3.63) is 12.2 Å². The molecule has 10 atom stereocenters. The Morgan fingerprint density at radius 2 is 1.58 bits per heavy atom. The van der Waals surface area contributed by atoms with E-state index in [4.69, 9.17) is 0 Å². The summed E-state index contributed by atoms with van der Waals surface area (Å²) < 4.78 is 0. The van der Waals surface area contributed by atoms with Crippen LogP contribution in [0.4, 0.5) is 0 Å². The van der Waals surface area contributed by atoms with Gasteiger partial charge in [-0.2, -0.15) is 0 Å². The van der Waals surface area contributed by atoms with Crippen molar-refractivity contribution in [3.8, 4) is 0 Å². The minimum atomic E-state index is 0.350. The van der Waals surface area contributed by atoms with Gasteiger partial charge in [0.1, 0.15) is 0 Å². The molecule has 1 N–H and O–H groups in total. The van der Waals surface area contributed by atoms with Gasteiger partial charge in [-0.15, -0.1) is 0 Å². The van der Waals surface area contributed by atoms with E-state index in [-0.39, 0.29) is 0 Å². The summed E-state index contributed by atoms with van der Waals surface area (Å²) in [5, 5.41) is 9.40. The van der Waals surface area contributed by atoms with Crippen molar-refractivity contribution in [2.45, 2.75) is 119 Å². The molecule has 0 heterocycles. The molecule has 1 heteroatoms. The van der Waals surface area contributed by atoms with Crippen molar-refractivity contribution in [3.63, 3.8) is 0 Å². The molecule has 5 aliphatic rings. The average Bonchev–Trinajstić information content (AvgIpc) is 3.09. The van der Waals surface area contributed by atoms with E-state index in [1.54, 1.807) is 0 Å². The van der Waals surface area contributed by atoms with E-state index in [1.807, 2.05) is 0 Å². The molecule has 33 heavy (non-hydrogen) atoms. The van der Waals surface area contributed by atoms with Gasteiger partial charge in [0.2, 0.25) is 0 Å². The van der Waals surface area contributed by atoms with Crippen LogP contribution in [0.1, 0.15) is 119 Å². The summed E-state index contributed by atoms with van der Waals surface area (Å²) >= 11 is 0. The number of hydrogen-bond acceptors (Lipinski definition) is 1. The Labute approximate surface area is 205 Å². The minimum Gasteiger partial charge on any atom is -0.396 e. The molecule has 5 rings (SSSR count). The van der Waals surface area contributed by atoms with Crippen LogP contribution in [-0.4, -0.2) is 11.7 Å². The van der Waals surface area contributed by atoms with E-state index in [0.29, 0.717) is 33.7 Å². The molecule has 4 fully saturated rings. The van der Waals surface area contributed by atoms with Crippen molar-refractivity contribution in [2.75, 3.05) is 6.61 Å². The Bertz CT molecular complexity index is 781. The normalized spacial score (nSPS) is 53.5. The third-order valence-corrected chi connectivity index (χ3v) is 13.7. The van der Waals surface area contributed by atoms with Crippen molar-refractivity contribution >= 4 is 0 Å². The third-order valence-electron chi connectivity index (χ3n) is 13.7. The fraction of sp³-hybridized carbons (Fsp3) is 0.938. The first-order valence-electron chi connectivity index (χ1n) is 14.7. The Morgan fingerprint density at radius 1 is 0.848 bits per heavy atom. The average molecular weight is 455 g/mol. The lowest BCUT2D eigenvalue weighted by molar-refractivity contribution is -0.198. The molecule has 188 valence electrons. The van der Waals surface area contributed by atoms with Crippen LogP contribution in [0.2, 0.25) is 0 Å². The quantitative estimate of drug-likeness (QED) is 0.421. The molecular weight excluding hydrogens is 400 g/mol. The molecule has 4 saturated carbocycles. The number of aliphatic hydroxyl groups is 1. The molecular formula is C32H54O. The third kappa shape index (κ3) is 3.18. The van der Waals surface area contributed by atoms with E-state index in [1.165, 1.54) is 64.2 Å². The molecule has 0 saturated heterocycles. The number of allylic oxidation sites excluding steroid dienone is 2. The van der Waals surface area contributed by atoms with Gasteiger partial charge in [0.05, 0.1) is 0 Å². The van der Waals surface area contributed by atoms with E-state index < -0.39 is 0 Å². The predicted molar refractivity (Wildman–Crippen MR) is 140 cm³/mol. The van der Waals surface area contributed by atoms with Crippen molar-refractivity contribution in [1.82, 2.24) is 0 Å². The summed E-state index contributed by atoms with van der Waals surface area (Å²) in [5.74, 6) is 5.06.